The van der Waals surface area contributed by atoms with E-state index in [-0.39, 0.29) is 11.4 Å². The molecule has 0 atom stereocenters. The lowest BCUT2D eigenvalue weighted by Gasteiger charge is -2.29. The van der Waals surface area contributed by atoms with Gasteiger partial charge in [0.2, 0.25) is 0 Å². The van der Waals surface area contributed by atoms with E-state index in [0.717, 1.165) is 42.8 Å². The van der Waals surface area contributed by atoms with E-state index in [1.807, 2.05) is 41.9 Å². The molecule has 202 valence electrons. The number of hydrogen-bond donors (Lipinski definition) is 3. The fourth-order valence-corrected chi connectivity index (χ4v) is 4.99. The molecule has 1 aromatic heterocycles. The van der Waals surface area contributed by atoms with Crippen molar-refractivity contribution >= 4 is 23.5 Å². The highest BCUT2D eigenvalue weighted by Crippen LogP contribution is 2.28. The van der Waals surface area contributed by atoms with Crippen LogP contribution in [-0.2, 0) is 18.4 Å². The minimum Gasteiger partial charge on any atom is -0.465 e. The second kappa shape index (κ2) is 11.4. The van der Waals surface area contributed by atoms with Gasteiger partial charge >= 0.3 is 6.09 Å². The van der Waals surface area contributed by atoms with Gasteiger partial charge in [-0.25, -0.2) is 9.48 Å². The van der Waals surface area contributed by atoms with Gasteiger partial charge in [0.1, 0.15) is 5.82 Å². The molecule has 2 aromatic carbocycles. The monoisotopic (exact) mass is 517 g/mol. The number of amides is 2. The van der Waals surface area contributed by atoms with Crippen molar-refractivity contribution in [3.63, 3.8) is 0 Å². The van der Waals surface area contributed by atoms with Gasteiger partial charge in [0, 0.05) is 17.3 Å². The first-order valence-electron chi connectivity index (χ1n) is 13.3. The molecule has 1 aliphatic rings. The first-order valence-corrected chi connectivity index (χ1v) is 13.3. The Hall–Kier alpha value is -3.65. The summed E-state index contributed by atoms with van der Waals surface area (Å²) in [6.07, 6.45) is 2.58. The van der Waals surface area contributed by atoms with Crippen LogP contribution in [0.4, 0.5) is 16.3 Å². The third kappa shape index (κ3) is 6.81. The summed E-state index contributed by atoms with van der Waals surface area (Å²) >= 11 is 0. The van der Waals surface area contributed by atoms with Gasteiger partial charge < -0.3 is 15.3 Å². The molecule has 2 amide bonds. The van der Waals surface area contributed by atoms with Crippen LogP contribution in [0.15, 0.2) is 48.5 Å². The Morgan fingerprint density at radius 3 is 2.32 bits per heavy atom. The molecule has 1 saturated heterocycles. The highest BCUT2D eigenvalue weighted by molar-refractivity contribution is 6.03. The fourth-order valence-electron chi connectivity index (χ4n) is 4.99. The summed E-state index contributed by atoms with van der Waals surface area (Å²) in [5, 5.41) is 19.3. The number of nitrogens with zero attached hydrogens (tertiary/aromatic N) is 3. The molecule has 38 heavy (non-hydrogen) atoms. The summed E-state index contributed by atoms with van der Waals surface area (Å²) in [6, 6.07) is 15.5. The largest absolute Gasteiger partial charge is 0.465 e. The molecule has 4 rings (SSSR count). The highest BCUT2D eigenvalue weighted by atomic mass is 16.4. The van der Waals surface area contributed by atoms with Crippen LogP contribution in [0.5, 0.6) is 0 Å². The Morgan fingerprint density at radius 1 is 1.00 bits per heavy atom. The maximum absolute atomic E-state index is 13.2. The minimum atomic E-state index is -1.08. The summed E-state index contributed by atoms with van der Waals surface area (Å²) in [4.78, 5) is 26.5. The number of rotatable bonds is 7. The van der Waals surface area contributed by atoms with E-state index < -0.39 is 6.09 Å². The molecular formula is C30H39N5O3. The third-order valence-corrected chi connectivity index (χ3v) is 7.25. The quantitative estimate of drug-likeness (QED) is 0.363. The average Bonchev–Trinajstić information content (AvgIpc) is 3.28. The predicted molar refractivity (Wildman–Crippen MR) is 151 cm³/mol. The van der Waals surface area contributed by atoms with Crippen molar-refractivity contribution in [3.8, 4) is 0 Å². The van der Waals surface area contributed by atoms with Gasteiger partial charge in [0.25, 0.3) is 5.91 Å². The van der Waals surface area contributed by atoms with Crippen LogP contribution in [0.3, 0.4) is 0 Å². The SMILES string of the molecule is Cc1ccc(NC(=O)O)cc1CCc1cc(NC(=O)c2ccc(C3CCN(C)CC3)cc2)n(C(C)(C)C)n1. The number of carboxylic acid groups (broad SMARTS) is 1. The van der Waals surface area contributed by atoms with Crippen molar-refractivity contribution < 1.29 is 14.7 Å². The number of carbonyl (C=O) groups is 2. The molecule has 3 N–H and O–H groups in total. The number of nitrogens with one attached hydrogen (secondary N) is 2. The number of aromatic nitrogens is 2. The van der Waals surface area contributed by atoms with Gasteiger partial charge in [0.05, 0.1) is 11.2 Å². The lowest BCUT2D eigenvalue weighted by atomic mass is 9.89. The first kappa shape index (κ1) is 27.4. The van der Waals surface area contributed by atoms with E-state index in [2.05, 4.69) is 55.5 Å². The van der Waals surface area contributed by atoms with E-state index in [0.29, 0.717) is 35.8 Å². The standard InChI is InChI=1S/C30H39N5O3/c1-20-6-12-25(31-29(37)38)18-24(20)11-13-26-19-27(35(33-26)30(2,3)4)32-28(36)23-9-7-21(8-10-23)22-14-16-34(5)17-15-22/h6-10,12,18-19,22,31H,11,13-17H2,1-5H3,(H,32,36)(H,37,38). The molecule has 8 heteroatoms. The second-order valence-corrected chi connectivity index (χ2v) is 11.3. The Kier molecular flexibility index (Phi) is 8.21. The van der Waals surface area contributed by atoms with Crippen molar-refractivity contribution in [2.45, 2.75) is 64.8 Å². The van der Waals surface area contributed by atoms with E-state index in [1.54, 1.807) is 6.07 Å². The van der Waals surface area contributed by atoms with E-state index in [9.17, 15) is 9.59 Å². The second-order valence-electron chi connectivity index (χ2n) is 11.3. The zero-order chi connectivity index (χ0) is 27.4. The zero-order valence-corrected chi connectivity index (χ0v) is 23.0. The van der Waals surface area contributed by atoms with E-state index in [1.165, 1.54) is 5.56 Å². The van der Waals surface area contributed by atoms with Crippen LogP contribution in [0, 0.1) is 6.92 Å². The third-order valence-electron chi connectivity index (χ3n) is 7.25. The number of benzene rings is 2. The summed E-state index contributed by atoms with van der Waals surface area (Å²) in [5.74, 6) is 1.06. The molecule has 0 spiro atoms. The van der Waals surface area contributed by atoms with Crippen molar-refractivity contribution in [3.05, 3.63) is 76.5 Å². The van der Waals surface area contributed by atoms with Crippen LogP contribution in [0.25, 0.3) is 0 Å². The van der Waals surface area contributed by atoms with Gasteiger partial charge in [-0.3, -0.25) is 10.1 Å². The predicted octanol–water partition coefficient (Wildman–Crippen LogP) is 5.88. The molecule has 0 saturated carbocycles. The molecule has 0 aliphatic carbocycles. The van der Waals surface area contributed by atoms with Crippen molar-refractivity contribution in [2.75, 3.05) is 30.8 Å². The minimum absolute atomic E-state index is 0.153. The molecule has 3 aromatic rings. The Morgan fingerprint density at radius 2 is 1.68 bits per heavy atom. The van der Waals surface area contributed by atoms with Gasteiger partial charge in [-0.2, -0.15) is 5.10 Å². The highest BCUT2D eigenvalue weighted by Gasteiger charge is 2.22. The average molecular weight is 518 g/mol. The van der Waals surface area contributed by atoms with Crippen molar-refractivity contribution in [2.24, 2.45) is 0 Å². The molecule has 0 radical (unpaired) electrons. The maximum atomic E-state index is 13.2. The van der Waals surface area contributed by atoms with Crippen LogP contribution in [0.2, 0.25) is 0 Å². The maximum Gasteiger partial charge on any atom is 0.409 e. The normalized spacial score (nSPS) is 14.9. The number of aryl methyl sites for hydroxylation is 3. The summed E-state index contributed by atoms with van der Waals surface area (Å²) in [5.41, 5.74) is 5.17. The summed E-state index contributed by atoms with van der Waals surface area (Å²) < 4.78 is 1.86. The summed E-state index contributed by atoms with van der Waals surface area (Å²) in [7, 11) is 2.16. The Balaban J connectivity index is 1.46. The Labute approximate surface area is 225 Å². The smallest absolute Gasteiger partial charge is 0.409 e. The van der Waals surface area contributed by atoms with Crippen LogP contribution < -0.4 is 10.6 Å². The molecule has 0 bridgehead atoms. The molecule has 1 fully saturated rings. The van der Waals surface area contributed by atoms with Gasteiger partial charge in [0.15, 0.2) is 0 Å². The van der Waals surface area contributed by atoms with Crippen molar-refractivity contribution in [1.29, 1.82) is 0 Å². The number of piperidine rings is 1. The van der Waals surface area contributed by atoms with Crippen LogP contribution in [-0.4, -0.2) is 51.9 Å². The van der Waals surface area contributed by atoms with E-state index >= 15 is 0 Å². The molecule has 8 nitrogen and oxygen atoms in total. The van der Waals surface area contributed by atoms with E-state index in [4.69, 9.17) is 10.2 Å². The van der Waals surface area contributed by atoms with Gasteiger partial charge in [-0.05, 0) is 120 Å². The number of anilines is 2. The fraction of sp³-hybridized carbons (Fsp3) is 0.433. The zero-order valence-electron chi connectivity index (χ0n) is 23.0. The van der Waals surface area contributed by atoms with Crippen LogP contribution >= 0.6 is 0 Å². The molecule has 0 unspecified atom stereocenters. The lowest BCUT2D eigenvalue weighted by molar-refractivity contribution is 0.102. The number of carbonyl (C=O) groups excluding carboxylic acids is 1. The number of likely N-dealkylation sites (tertiary alicyclic amines) is 1. The lowest BCUT2D eigenvalue weighted by Crippen LogP contribution is -2.29. The first-order chi connectivity index (χ1) is 18.0. The van der Waals surface area contributed by atoms with Crippen LogP contribution in [0.1, 0.15) is 72.3 Å². The molecule has 1 aliphatic heterocycles. The van der Waals surface area contributed by atoms with Gasteiger partial charge in [-0.1, -0.05) is 18.2 Å². The molecular weight excluding hydrogens is 478 g/mol. The number of hydrogen-bond acceptors (Lipinski definition) is 4. The molecule has 2 heterocycles. The van der Waals surface area contributed by atoms with Gasteiger partial charge in [-0.15, -0.1) is 0 Å². The van der Waals surface area contributed by atoms with Crippen molar-refractivity contribution in [1.82, 2.24) is 14.7 Å². The Bertz CT molecular complexity index is 1280. The summed E-state index contributed by atoms with van der Waals surface area (Å²) in [6.45, 7) is 10.4. The topological polar surface area (TPSA) is 99.5 Å².